The lowest BCUT2D eigenvalue weighted by molar-refractivity contribution is 0.193. The quantitative estimate of drug-likeness (QED) is 0.548. The fourth-order valence-electron chi connectivity index (χ4n) is 0.819. The summed E-state index contributed by atoms with van der Waals surface area (Å²) in [6, 6.07) is 0. The largest absolute Gasteiger partial charge is 0.385 e. The number of nitrogens with one attached hydrogen (secondary N) is 2. The summed E-state index contributed by atoms with van der Waals surface area (Å²) in [7, 11) is -1.63. The Morgan fingerprint density at radius 2 is 1.92 bits per heavy atom. The minimum Gasteiger partial charge on any atom is -0.385 e. The lowest BCUT2D eigenvalue weighted by atomic mass is 10.3. The van der Waals surface area contributed by atoms with Gasteiger partial charge >= 0.3 is 0 Å². The molecule has 0 saturated carbocycles. The molecule has 0 spiro atoms. The fraction of sp³-hybridized carbons (Fsp3) is 1.00. The van der Waals surface area contributed by atoms with Crippen LogP contribution < -0.4 is 9.44 Å². The van der Waals surface area contributed by atoms with E-state index in [1.54, 1.807) is 14.0 Å². The number of rotatable bonds is 8. The van der Waals surface area contributed by atoms with E-state index in [0.29, 0.717) is 19.7 Å². The number of hydrogen-bond donors (Lipinski definition) is 2. The van der Waals surface area contributed by atoms with Crippen LogP contribution in [0, 0.1) is 0 Å². The zero-order chi connectivity index (χ0) is 10.2. The number of hydrogen-bond acceptors (Lipinski definition) is 3. The van der Waals surface area contributed by atoms with Gasteiger partial charge in [-0.1, -0.05) is 6.92 Å². The van der Waals surface area contributed by atoms with E-state index in [-0.39, 0.29) is 0 Å². The monoisotopic (exact) mass is 210 g/mol. The van der Waals surface area contributed by atoms with Crippen molar-refractivity contribution in [3.8, 4) is 0 Å². The maximum absolute atomic E-state index is 11.0. The highest BCUT2D eigenvalue weighted by molar-refractivity contribution is 7.87. The maximum atomic E-state index is 11.0. The first-order chi connectivity index (χ1) is 6.12. The van der Waals surface area contributed by atoms with Crippen molar-refractivity contribution in [3.05, 3.63) is 0 Å². The van der Waals surface area contributed by atoms with Crippen LogP contribution in [0.1, 0.15) is 19.8 Å². The van der Waals surface area contributed by atoms with Crippen LogP contribution in [-0.4, -0.2) is 35.2 Å². The van der Waals surface area contributed by atoms with Crippen LogP contribution in [0.4, 0.5) is 0 Å². The van der Waals surface area contributed by atoms with Crippen molar-refractivity contribution in [2.45, 2.75) is 19.8 Å². The van der Waals surface area contributed by atoms with E-state index < -0.39 is 10.2 Å². The van der Waals surface area contributed by atoms with Gasteiger partial charge in [-0.05, 0) is 12.8 Å². The lowest BCUT2D eigenvalue weighted by Gasteiger charge is -2.05. The van der Waals surface area contributed by atoms with E-state index in [9.17, 15) is 8.42 Å². The van der Waals surface area contributed by atoms with E-state index >= 15 is 0 Å². The molecule has 6 heteroatoms. The van der Waals surface area contributed by atoms with Gasteiger partial charge in [0.05, 0.1) is 0 Å². The van der Waals surface area contributed by atoms with Crippen molar-refractivity contribution in [3.63, 3.8) is 0 Å². The molecule has 0 unspecified atom stereocenters. The average Bonchev–Trinajstić information content (AvgIpc) is 2.04. The van der Waals surface area contributed by atoms with Crippen molar-refractivity contribution in [1.29, 1.82) is 0 Å². The molecule has 0 aliphatic rings. The van der Waals surface area contributed by atoms with Crippen LogP contribution in [-0.2, 0) is 14.9 Å². The summed E-state index contributed by atoms with van der Waals surface area (Å²) in [4.78, 5) is 0. The molecule has 80 valence electrons. The van der Waals surface area contributed by atoms with Gasteiger partial charge in [0, 0.05) is 26.8 Å². The van der Waals surface area contributed by atoms with Crippen molar-refractivity contribution in [1.82, 2.24) is 9.44 Å². The summed E-state index contributed by atoms with van der Waals surface area (Å²) in [5.74, 6) is 0. The topological polar surface area (TPSA) is 67.4 Å². The molecule has 0 aromatic carbocycles. The van der Waals surface area contributed by atoms with Gasteiger partial charge in [0.1, 0.15) is 0 Å². The van der Waals surface area contributed by atoms with E-state index in [4.69, 9.17) is 4.74 Å². The molecule has 0 fully saturated rings. The maximum Gasteiger partial charge on any atom is 0.276 e. The van der Waals surface area contributed by atoms with Crippen molar-refractivity contribution < 1.29 is 13.2 Å². The highest BCUT2D eigenvalue weighted by atomic mass is 32.2. The van der Waals surface area contributed by atoms with Gasteiger partial charge in [-0.25, -0.2) is 9.44 Å². The second kappa shape index (κ2) is 7.25. The third-order valence-electron chi connectivity index (χ3n) is 1.40. The van der Waals surface area contributed by atoms with Crippen molar-refractivity contribution in [2.24, 2.45) is 0 Å². The molecule has 0 radical (unpaired) electrons. The molecule has 5 nitrogen and oxygen atoms in total. The summed E-state index contributed by atoms with van der Waals surface area (Å²) in [5.41, 5.74) is 0. The lowest BCUT2D eigenvalue weighted by Crippen LogP contribution is -2.36. The van der Waals surface area contributed by atoms with Gasteiger partial charge < -0.3 is 4.74 Å². The van der Waals surface area contributed by atoms with Crippen LogP contribution in [0.15, 0.2) is 0 Å². The van der Waals surface area contributed by atoms with E-state index in [1.807, 2.05) is 0 Å². The summed E-state index contributed by atoms with van der Waals surface area (Å²) in [5, 5.41) is 0. The van der Waals surface area contributed by atoms with E-state index in [1.165, 1.54) is 0 Å². The highest BCUT2D eigenvalue weighted by Gasteiger charge is 2.04. The van der Waals surface area contributed by atoms with Crippen LogP contribution in [0.2, 0.25) is 0 Å². The van der Waals surface area contributed by atoms with Gasteiger partial charge in [-0.2, -0.15) is 8.42 Å². The first-order valence-corrected chi connectivity index (χ1v) is 5.84. The molecular formula is C7H18N2O3S. The van der Waals surface area contributed by atoms with Crippen LogP contribution in [0.25, 0.3) is 0 Å². The van der Waals surface area contributed by atoms with Gasteiger partial charge in [0.25, 0.3) is 10.2 Å². The molecule has 0 bridgehead atoms. The molecule has 0 saturated heterocycles. The van der Waals surface area contributed by atoms with Gasteiger partial charge in [-0.15, -0.1) is 0 Å². The molecule has 0 aliphatic carbocycles. The molecule has 0 aromatic rings. The van der Waals surface area contributed by atoms with Crippen LogP contribution in [0.3, 0.4) is 0 Å². The standard InChI is InChI=1S/C7H18N2O3S/c1-3-8-13(10,11)9-6-4-5-7-12-2/h8-9H,3-7H2,1-2H3. The Balaban J connectivity index is 3.41. The molecule has 0 heterocycles. The van der Waals surface area contributed by atoms with Gasteiger partial charge in [0.2, 0.25) is 0 Å². The van der Waals surface area contributed by atoms with Crippen molar-refractivity contribution in [2.75, 3.05) is 26.8 Å². The van der Waals surface area contributed by atoms with Gasteiger partial charge in [0.15, 0.2) is 0 Å². The Bertz CT molecular complexity index is 204. The summed E-state index contributed by atoms with van der Waals surface area (Å²) >= 11 is 0. The highest BCUT2D eigenvalue weighted by Crippen LogP contribution is 1.87. The molecule has 0 amide bonds. The zero-order valence-electron chi connectivity index (χ0n) is 8.17. The first-order valence-electron chi connectivity index (χ1n) is 4.35. The smallest absolute Gasteiger partial charge is 0.276 e. The molecule has 0 aliphatic heterocycles. The molecular weight excluding hydrogens is 192 g/mol. The van der Waals surface area contributed by atoms with E-state index in [2.05, 4.69) is 9.44 Å². The summed E-state index contributed by atoms with van der Waals surface area (Å²) in [6.45, 7) is 3.28. The second-order valence-electron chi connectivity index (χ2n) is 2.60. The van der Waals surface area contributed by atoms with E-state index in [0.717, 1.165) is 12.8 Å². The molecule has 13 heavy (non-hydrogen) atoms. The predicted octanol–water partition coefficient (Wildman–Crippen LogP) is -0.143. The molecule has 2 N–H and O–H groups in total. The Hall–Kier alpha value is -0.170. The normalized spacial score (nSPS) is 11.8. The Labute approximate surface area is 80.0 Å². The molecule has 0 rings (SSSR count). The van der Waals surface area contributed by atoms with Crippen LogP contribution >= 0.6 is 0 Å². The fourth-order valence-corrected chi connectivity index (χ4v) is 1.71. The Morgan fingerprint density at radius 1 is 1.23 bits per heavy atom. The Kier molecular flexibility index (Phi) is 7.16. The summed E-state index contributed by atoms with van der Waals surface area (Å²) < 4.78 is 31.6. The third-order valence-corrected chi connectivity index (χ3v) is 2.65. The predicted molar refractivity (Wildman–Crippen MR) is 51.7 cm³/mol. The Morgan fingerprint density at radius 3 is 2.46 bits per heavy atom. The summed E-state index contributed by atoms with van der Waals surface area (Å²) in [6.07, 6.45) is 1.66. The second-order valence-corrected chi connectivity index (χ2v) is 4.18. The zero-order valence-corrected chi connectivity index (χ0v) is 8.99. The van der Waals surface area contributed by atoms with Crippen molar-refractivity contribution >= 4 is 10.2 Å². The SMILES string of the molecule is CCNS(=O)(=O)NCCCCOC. The third kappa shape index (κ3) is 8.17. The number of unbranched alkanes of at least 4 members (excludes halogenated alkanes) is 1. The molecule has 0 atom stereocenters. The van der Waals surface area contributed by atoms with Gasteiger partial charge in [-0.3, -0.25) is 0 Å². The average molecular weight is 210 g/mol. The first kappa shape index (κ1) is 12.8. The molecule has 0 aromatic heterocycles. The minimum atomic E-state index is -3.26. The minimum absolute atomic E-state index is 0.410. The van der Waals surface area contributed by atoms with Crippen LogP contribution in [0.5, 0.6) is 0 Å². The number of methoxy groups -OCH3 is 1. The number of ether oxygens (including phenoxy) is 1.